The van der Waals surface area contributed by atoms with Crippen molar-refractivity contribution in [1.29, 1.82) is 0 Å². The molecule has 0 unspecified atom stereocenters. The van der Waals surface area contributed by atoms with Gasteiger partial charge in [-0.25, -0.2) is 0 Å². The third-order valence-electron chi connectivity index (χ3n) is 1.35. The standard InChI is InChI=1S/C8H13Te/c1-2-3-6-9-7-4-5-8-9/h4-5,7-8H,2-3,6H2,1H3. The summed E-state index contributed by atoms with van der Waals surface area (Å²) in [7, 11) is 0. The molecule has 0 nitrogen and oxygen atoms in total. The van der Waals surface area contributed by atoms with Crippen molar-refractivity contribution < 1.29 is 0 Å². The number of rotatable bonds is 3. The maximum absolute atomic E-state index is 2.44. The van der Waals surface area contributed by atoms with Gasteiger partial charge in [0.2, 0.25) is 0 Å². The van der Waals surface area contributed by atoms with Crippen LogP contribution in [0, 0.1) is 0 Å². The zero-order chi connectivity index (χ0) is 6.53. The summed E-state index contributed by atoms with van der Waals surface area (Å²) in [6.45, 7) is 2.27. The molecule has 0 amide bonds. The second-order valence-corrected chi connectivity index (χ2v) is 7.58. The van der Waals surface area contributed by atoms with Gasteiger partial charge in [0.1, 0.15) is 0 Å². The minimum atomic E-state index is -0.732. The van der Waals surface area contributed by atoms with Gasteiger partial charge in [-0.15, -0.1) is 0 Å². The molecular formula is C8H13Te. The summed E-state index contributed by atoms with van der Waals surface area (Å²) in [5.74, 6) is 0. The minimum absolute atomic E-state index is 0.732. The summed E-state index contributed by atoms with van der Waals surface area (Å²) in [5.41, 5.74) is 0. The van der Waals surface area contributed by atoms with Crippen molar-refractivity contribution in [1.82, 2.24) is 0 Å². The number of hydrogen-bond acceptors (Lipinski definition) is 0. The molecule has 0 atom stereocenters. The van der Waals surface area contributed by atoms with Crippen molar-refractivity contribution in [2.45, 2.75) is 24.2 Å². The Bertz CT molecular complexity index is 113. The van der Waals surface area contributed by atoms with E-state index in [0.29, 0.717) is 0 Å². The van der Waals surface area contributed by atoms with Crippen LogP contribution in [0.5, 0.6) is 0 Å². The van der Waals surface area contributed by atoms with Crippen LogP contribution in [0.2, 0.25) is 4.47 Å². The SMILES string of the molecule is CCCC[Te]1C=CC=C1. The van der Waals surface area contributed by atoms with Gasteiger partial charge in [0, 0.05) is 0 Å². The zero-order valence-corrected chi connectivity index (χ0v) is 8.17. The van der Waals surface area contributed by atoms with Crippen molar-refractivity contribution in [3.8, 4) is 0 Å². The maximum atomic E-state index is 2.44. The second kappa shape index (κ2) is 4.14. The van der Waals surface area contributed by atoms with Crippen LogP contribution in [-0.4, -0.2) is 19.6 Å². The van der Waals surface area contributed by atoms with Gasteiger partial charge < -0.3 is 0 Å². The Morgan fingerprint density at radius 2 is 1.89 bits per heavy atom. The topological polar surface area (TPSA) is 0 Å². The van der Waals surface area contributed by atoms with Crippen LogP contribution in [0.25, 0.3) is 0 Å². The summed E-state index contributed by atoms with van der Waals surface area (Å²) in [4.78, 5) is 0. The Hall–Kier alpha value is 0.270. The summed E-state index contributed by atoms with van der Waals surface area (Å²) in [6, 6.07) is 0. The molecule has 0 aliphatic carbocycles. The van der Waals surface area contributed by atoms with Gasteiger partial charge in [-0.3, -0.25) is 0 Å². The molecule has 51 valence electrons. The molecular weight excluding hydrogens is 224 g/mol. The Morgan fingerprint density at radius 3 is 2.44 bits per heavy atom. The molecule has 0 spiro atoms. The molecule has 1 heteroatoms. The first-order valence-electron chi connectivity index (χ1n) is 3.47. The normalized spacial score (nSPS) is 17.4. The predicted molar refractivity (Wildman–Crippen MR) is 43.7 cm³/mol. The van der Waals surface area contributed by atoms with Crippen LogP contribution in [0.1, 0.15) is 19.8 Å². The third kappa shape index (κ3) is 2.56. The second-order valence-electron chi connectivity index (χ2n) is 2.18. The molecule has 0 bridgehead atoms. The Kier molecular flexibility index (Phi) is 3.40. The van der Waals surface area contributed by atoms with Crippen molar-refractivity contribution in [3.63, 3.8) is 0 Å². The van der Waals surface area contributed by atoms with Crippen molar-refractivity contribution >= 4 is 19.6 Å². The van der Waals surface area contributed by atoms with Crippen LogP contribution in [0.4, 0.5) is 0 Å². The quantitative estimate of drug-likeness (QED) is 0.661. The molecule has 1 aliphatic heterocycles. The molecule has 0 saturated carbocycles. The van der Waals surface area contributed by atoms with Crippen LogP contribution >= 0.6 is 0 Å². The molecule has 1 heterocycles. The molecule has 0 aromatic heterocycles. The first kappa shape index (κ1) is 7.38. The van der Waals surface area contributed by atoms with E-state index >= 15 is 0 Å². The molecule has 1 rings (SSSR count). The van der Waals surface area contributed by atoms with E-state index < -0.39 is 19.6 Å². The monoisotopic (exact) mass is 239 g/mol. The van der Waals surface area contributed by atoms with Gasteiger partial charge in [0.25, 0.3) is 0 Å². The molecule has 0 N–H and O–H groups in total. The Balaban J connectivity index is 2.13. The third-order valence-corrected chi connectivity index (χ3v) is 6.41. The van der Waals surface area contributed by atoms with E-state index in [4.69, 9.17) is 0 Å². The molecule has 0 saturated heterocycles. The van der Waals surface area contributed by atoms with E-state index in [-0.39, 0.29) is 0 Å². The summed E-state index contributed by atoms with van der Waals surface area (Å²) < 4.78 is 6.39. The fraction of sp³-hybridized carbons (Fsp3) is 0.500. The van der Waals surface area contributed by atoms with E-state index in [2.05, 4.69) is 27.3 Å². The van der Waals surface area contributed by atoms with E-state index in [1.807, 2.05) is 0 Å². The predicted octanol–water partition coefficient (Wildman–Crippen LogP) is 2.49. The van der Waals surface area contributed by atoms with E-state index in [1.54, 1.807) is 0 Å². The Labute approximate surface area is 64.3 Å². The molecule has 0 aromatic carbocycles. The summed E-state index contributed by atoms with van der Waals surface area (Å²) in [5, 5.41) is 0. The number of allylic oxidation sites excluding steroid dienone is 2. The molecule has 1 radical (unpaired) electrons. The summed E-state index contributed by atoms with van der Waals surface area (Å²) in [6.07, 6.45) is 7.23. The zero-order valence-electron chi connectivity index (χ0n) is 5.84. The van der Waals surface area contributed by atoms with Crippen LogP contribution in [-0.2, 0) is 0 Å². The molecule has 9 heavy (non-hydrogen) atoms. The van der Waals surface area contributed by atoms with Gasteiger partial charge in [-0.05, 0) is 0 Å². The van der Waals surface area contributed by atoms with E-state index in [1.165, 1.54) is 17.3 Å². The fourth-order valence-electron chi connectivity index (χ4n) is 0.785. The van der Waals surface area contributed by atoms with Gasteiger partial charge in [0.05, 0.1) is 0 Å². The van der Waals surface area contributed by atoms with Crippen molar-refractivity contribution in [2.24, 2.45) is 0 Å². The molecule has 0 fully saturated rings. The van der Waals surface area contributed by atoms with Crippen molar-refractivity contribution in [2.75, 3.05) is 0 Å². The fourth-order valence-corrected chi connectivity index (χ4v) is 5.27. The number of hydrogen-bond donors (Lipinski definition) is 0. The molecule has 1 aliphatic rings. The average Bonchev–Trinajstić information content (AvgIpc) is 2.34. The van der Waals surface area contributed by atoms with Crippen LogP contribution in [0.15, 0.2) is 20.4 Å². The van der Waals surface area contributed by atoms with Gasteiger partial charge in [-0.2, -0.15) is 0 Å². The first-order valence-corrected chi connectivity index (χ1v) is 7.81. The van der Waals surface area contributed by atoms with Crippen LogP contribution < -0.4 is 0 Å². The first-order chi connectivity index (χ1) is 4.43. The van der Waals surface area contributed by atoms with Gasteiger partial charge in [0.15, 0.2) is 0 Å². The number of unbranched alkanes of at least 4 members (excludes halogenated alkanes) is 1. The summed E-state index contributed by atoms with van der Waals surface area (Å²) >= 11 is -0.732. The van der Waals surface area contributed by atoms with Crippen molar-refractivity contribution in [3.05, 3.63) is 20.4 Å². The Morgan fingerprint density at radius 1 is 1.22 bits per heavy atom. The molecule has 0 aromatic rings. The van der Waals surface area contributed by atoms with E-state index in [9.17, 15) is 0 Å². The van der Waals surface area contributed by atoms with E-state index in [0.717, 1.165) is 0 Å². The van der Waals surface area contributed by atoms with Crippen LogP contribution in [0.3, 0.4) is 0 Å². The van der Waals surface area contributed by atoms with Gasteiger partial charge in [-0.1, -0.05) is 0 Å². The van der Waals surface area contributed by atoms with Gasteiger partial charge >= 0.3 is 64.2 Å². The average molecular weight is 237 g/mol.